The van der Waals surface area contributed by atoms with Crippen molar-refractivity contribution in [1.29, 1.82) is 0 Å². The molecule has 1 saturated heterocycles. The number of ether oxygens (including phenoxy) is 2. The van der Waals surface area contributed by atoms with Gasteiger partial charge in [-0.15, -0.1) is 0 Å². The Morgan fingerprint density at radius 2 is 2.17 bits per heavy atom. The number of fused-ring (bicyclic) bond motifs is 1. The van der Waals surface area contributed by atoms with Gasteiger partial charge in [0.1, 0.15) is 20.9 Å². The fraction of sp³-hybridized carbons (Fsp3) is 0.533. The van der Waals surface area contributed by atoms with E-state index in [9.17, 15) is 9.59 Å². The second-order valence-electron chi connectivity index (χ2n) is 5.35. The van der Waals surface area contributed by atoms with E-state index < -0.39 is 5.97 Å². The van der Waals surface area contributed by atoms with Crippen molar-refractivity contribution in [2.24, 2.45) is 7.05 Å². The van der Waals surface area contributed by atoms with E-state index in [2.05, 4.69) is 9.88 Å². The van der Waals surface area contributed by atoms with E-state index in [0.717, 1.165) is 36.1 Å². The van der Waals surface area contributed by atoms with Gasteiger partial charge in [0.2, 0.25) is 5.43 Å². The summed E-state index contributed by atoms with van der Waals surface area (Å²) in [5.74, 6) is -0.599. The first-order valence-electron chi connectivity index (χ1n) is 7.56. The molecule has 0 spiro atoms. The minimum atomic E-state index is -0.599. The number of hydrogen-bond donors (Lipinski definition) is 0. The first-order chi connectivity index (χ1) is 11.1. The highest BCUT2D eigenvalue weighted by atomic mass is 32.1. The highest BCUT2D eigenvalue weighted by Gasteiger charge is 2.20. The molecule has 3 heterocycles. The maximum Gasteiger partial charge on any atom is 0.343 e. The van der Waals surface area contributed by atoms with Crippen molar-refractivity contribution in [3.63, 3.8) is 0 Å². The summed E-state index contributed by atoms with van der Waals surface area (Å²) in [5, 5.41) is 0.871. The number of aromatic nitrogens is 2. The lowest BCUT2D eigenvalue weighted by atomic mass is 10.2. The summed E-state index contributed by atoms with van der Waals surface area (Å²) in [6, 6.07) is 0. The zero-order chi connectivity index (χ0) is 16.4. The van der Waals surface area contributed by atoms with Crippen LogP contribution in [0.5, 0.6) is 0 Å². The van der Waals surface area contributed by atoms with Crippen LogP contribution in [0.3, 0.4) is 0 Å². The van der Waals surface area contributed by atoms with Crippen LogP contribution in [0.4, 0.5) is 0 Å². The molecule has 2 aromatic rings. The summed E-state index contributed by atoms with van der Waals surface area (Å²) in [6.07, 6.45) is 1.53. The fourth-order valence-electron chi connectivity index (χ4n) is 2.55. The number of pyridine rings is 1. The monoisotopic (exact) mass is 337 g/mol. The minimum Gasteiger partial charge on any atom is -0.462 e. The van der Waals surface area contributed by atoms with Gasteiger partial charge in [-0.3, -0.25) is 9.69 Å². The average Bonchev–Trinajstić information content (AvgIpc) is 2.97. The molecular weight excluding hydrogens is 318 g/mol. The van der Waals surface area contributed by atoms with Crippen LogP contribution in [0, 0.1) is 0 Å². The van der Waals surface area contributed by atoms with Gasteiger partial charge in [-0.25, -0.2) is 9.78 Å². The molecule has 0 bridgehead atoms. The third-order valence-electron chi connectivity index (χ3n) is 3.71. The van der Waals surface area contributed by atoms with Gasteiger partial charge >= 0.3 is 5.97 Å². The summed E-state index contributed by atoms with van der Waals surface area (Å²) in [6.45, 7) is 5.80. The molecule has 0 radical (unpaired) electrons. The largest absolute Gasteiger partial charge is 0.462 e. The highest BCUT2D eigenvalue weighted by Crippen LogP contribution is 2.21. The molecule has 0 aromatic carbocycles. The van der Waals surface area contributed by atoms with E-state index in [1.165, 1.54) is 17.5 Å². The lowest BCUT2D eigenvalue weighted by molar-refractivity contribution is 0.0342. The number of aryl methyl sites for hydroxylation is 1. The summed E-state index contributed by atoms with van der Waals surface area (Å²) in [5.41, 5.74) is 0.0115. The maximum atomic E-state index is 12.5. The first-order valence-corrected chi connectivity index (χ1v) is 8.38. The number of esters is 1. The van der Waals surface area contributed by atoms with Crippen molar-refractivity contribution >= 4 is 27.7 Å². The van der Waals surface area contributed by atoms with Crippen molar-refractivity contribution in [1.82, 2.24) is 14.5 Å². The van der Waals surface area contributed by atoms with Crippen LogP contribution in [-0.2, 0) is 23.1 Å². The minimum absolute atomic E-state index is 0.0325. The molecule has 0 saturated carbocycles. The molecule has 1 aliphatic rings. The van der Waals surface area contributed by atoms with Crippen molar-refractivity contribution in [2.75, 3.05) is 32.9 Å². The molecule has 0 N–H and O–H groups in total. The molecule has 23 heavy (non-hydrogen) atoms. The molecule has 8 heteroatoms. The Labute approximate surface area is 137 Å². The van der Waals surface area contributed by atoms with E-state index in [4.69, 9.17) is 9.47 Å². The van der Waals surface area contributed by atoms with Gasteiger partial charge in [0.25, 0.3) is 0 Å². The zero-order valence-corrected chi connectivity index (χ0v) is 14.0. The lowest BCUT2D eigenvalue weighted by Gasteiger charge is -2.25. The van der Waals surface area contributed by atoms with Crippen LogP contribution in [0.25, 0.3) is 10.3 Å². The van der Waals surface area contributed by atoms with Crippen molar-refractivity contribution in [3.05, 3.63) is 27.0 Å². The molecular formula is C15H19N3O4S. The number of morpholine rings is 1. The predicted octanol–water partition coefficient (Wildman–Crippen LogP) is 1.00. The average molecular weight is 337 g/mol. The van der Waals surface area contributed by atoms with Crippen LogP contribution in [0.15, 0.2) is 11.0 Å². The molecule has 124 valence electrons. The third kappa shape index (κ3) is 3.29. The van der Waals surface area contributed by atoms with Crippen molar-refractivity contribution < 1.29 is 14.3 Å². The number of carbonyl (C=O) groups is 1. The van der Waals surface area contributed by atoms with E-state index in [1.54, 1.807) is 18.5 Å². The number of rotatable bonds is 4. The van der Waals surface area contributed by atoms with Gasteiger partial charge in [0.05, 0.1) is 26.4 Å². The lowest BCUT2D eigenvalue weighted by Crippen LogP contribution is -2.35. The highest BCUT2D eigenvalue weighted by molar-refractivity contribution is 7.18. The summed E-state index contributed by atoms with van der Waals surface area (Å²) in [7, 11) is 1.81. The van der Waals surface area contributed by atoms with Crippen LogP contribution in [0.1, 0.15) is 22.3 Å². The second kappa shape index (κ2) is 6.77. The molecule has 0 atom stereocenters. The topological polar surface area (TPSA) is 73.7 Å². The summed E-state index contributed by atoms with van der Waals surface area (Å²) >= 11 is 1.48. The van der Waals surface area contributed by atoms with Crippen molar-refractivity contribution in [3.8, 4) is 0 Å². The Hall–Kier alpha value is -1.77. The fourth-order valence-corrected chi connectivity index (χ4v) is 3.59. The van der Waals surface area contributed by atoms with Crippen molar-refractivity contribution in [2.45, 2.75) is 13.5 Å². The third-order valence-corrected chi connectivity index (χ3v) is 4.84. The van der Waals surface area contributed by atoms with Gasteiger partial charge in [-0.05, 0) is 6.92 Å². The Morgan fingerprint density at radius 1 is 1.43 bits per heavy atom. The van der Waals surface area contributed by atoms with Gasteiger partial charge in [-0.1, -0.05) is 11.3 Å². The molecule has 1 fully saturated rings. The smallest absolute Gasteiger partial charge is 0.343 e. The molecule has 3 rings (SSSR count). The van der Waals surface area contributed by atoms with E-state index in [0.29, 0.717) is 12.1 Å². The number of hydrogen-bond acceptors (Lipinski definition) is 7. The Kier molecular flexibility index (Phi) is 4.74. The maximum absolute atomic E-state index is 12.5. The number of carbonyl (C=O) groups excluding carboxylic acids is 1. The van der Waals surface area contributed by atoms with Crippen LogP contribution < -0.4 is 5.43 Å². The number of thiazole rings is 1. The van der Waals surface area contributed by atoms with Gasteiger partial charge in [0.15, 0.2) is 0 Å². The molecule has 0 aliphatic carbocycles. The first kappa shape index (κ1) is 16.1. The molecule has 2 aromatic heterocycles. The van der Waals surface area contributed by atoms with E-state index >= 15 is 0 Å². The van der Waals surface area contributed by atoms with E-state index in [1.807, 2.05) is 0 Å². The molecule has 0 unspecified atom stereocenters. The zero-order valence-electron chi connectivity index (χ0n) is 13.2. The second-order valence-corrected chi connectivity index (χ2v) is 6.42. The Balaban J connectivity index is 1.95. The van der Waals surface area contributed by atoms with Gasteiger partial charge in [0, 0.05) is 26.3 Å². The number of nitrogens with zero attached hydrogens (tertiary/aromatic N) is 3. The van der Waals surface area contributed by atoms with Gasteiger partial charge < -0.3 is 14.0 Å². The summed E-state index contributed by atoms with van der Waals surface area (Å²) < 4.78 is 12.0. The SMILES string of the molecule is CCOC(=O)c1cn(C)c2sc(CN3CCOCC3)nc2c1=O. The standard InChI is InChI=1S/C15H19N3O4S/c1-3-22-15(20)10-8-17(2)14-12(13(10)19)16-11(23-14)9-18-4-6-21-7-5-18/h8H,3-7,9H2,1-2H3. The van der Waals surface area contributed by atoms with E-state index in [-0.39, 0.29) is 17.6 Å². The molecule has 1 aliphatic heterocycles. The Bertz CT molecular complexity index is 777. The van der Waals surface area contributed by atoms with Crippen LogP contribution >= 0.6 is 11.3 Å². The Morgan fingerprint density at radius 3 is 2.87 bits per heavy atom. The van der Waals surface area contributed by atoms with Gasteiger partial charge in [-0.2, -0.15) is 0 Å². The van der Waals surface area contributed by atoms with Crippen LogP contribution in [-0.4, -0.2) is 53.3 Å². The molecule has 7 nitrogen and oxygen atoms in total. The quantitative estimate of drug-likeness (QED) is 0.775. The van der Waals surface area contributed by atoms with Crippen LogP contribution in [0.2, 0.25) is 0 Å². The normalized spacial score (nSPS) is 15.9. The molecule has 0 amide bonds. The predicted molar refractivity (Wildman–Crippen MR) is 86.9 cm³/mol. The summed E-state index contributed by atoms with van der Waals surface area (Å²) in [4.78, 5) is 31.9.